The first-order valence-electron chi connectivity index (χ1n) is 6.05. The molecule has 6 heteroatoms. The molecule has 1 rings (SSSR count). The molecule has 0 fully saturated rings. The van der Waals surface area contributed by atoms with E-state index in [2.05, 4.69) is 11.3 Å². The molecule has 0 aliphatic rings. The minimum absolute atomic E-state index is 0.0265. The summed E-state index contributed by atoms with van der Waals surface area (Å²) in [4.78, 5) is 11.2. The molecule has 110 valence electrons. The maximum Gasteiger partial charge on any atom is 0.322 e. The van der Waals surface area contributed by atoms with Crippen LogP contribution < -0.4 is 4.72 Å². The van der Waals surface area contributed by atoms with Gasteiger partial charge in [-0.25, -0.2) is 8.42 Å². The van der Waals surface area contributed by atoms with Gasteiger partial charge in [-0.1, -0.05) is 45.6 Å². The molecule has 0 saturated carbocycles. The third kappa shape index (κ3) is 3.91. The van der Waals surface area contributed by atoms with Crippen molar-refractivity contribution < 1.29 is 18.3 Å². The molecule has 0 aromatic heterocycles. The van der Waals surface area contributed by atoms with Gasteiger partial charge in [0.05, 0.1) is 4.90 Å². The molecule has 0 aliphatic heterocycles. The fraction of sp³-hybridized carbons (Fsp3) is 0.357. The standard InChI is InChI=1S/C14H19NO4S/c1-5-10-6-8-11(9-7-10)20(18,19)15-12(13(16)17)14(2,3)4/h5-9,12,15H,1H2,2-4H3,(H,16,17)/t12-/m0/s1. The van der Waals surface area contributed by atoms with E-state index >= 15 is 0 Å². The molecular formula is C14H19NO4S. The summed E-state index contributed by atoms with van der Waals surface area (Å²) in [5, 5.41) is 9.16. The Morgan fingerprint density at radius 1 is 1.30 bits per heavy atom. The summed E-state index contributed by atoms with van der Waals surface area (Å²) in [5.74, 6) is -1.20. The van der Waals surface area contributed by atoms with Crippen LogP contribution in [0, 0.1) is 5.41 Å². The fourth-order valence-corrected chi connectivity index (χ4v) is 3.00. The van der Waals surface area contributed by atoms with Crippen LogP contribution in [-0.2, 0) is 14.8 Å². The lowest BCUT2D eigenvalue weighted by molar-refractivity contribution is -0.141. The number of carboxylic acid groups (broad SMARTS) is 1. The summed E-state index contributed by atoms with van der Waals surface area (Å²) in [6.07, 6.45) is 1.60. The summed E-state index contributed by atoms with van der Waals surface area (Å²) >= 11 is 0. The summed E-state index contributed by atoms with van der Waals surface area (Å²) in [6, 6.07) is 4.84. The Morgan fingerprint density at radius 2 is 1.80 bits per heavy atom. The van der Waals surface area contributed by atoms with Crippen molar-refractivity contribution in [2.75, 3.05) is 0 Å². The molecule has 0 aliphatic carbocycles. The predicted octanol–water partition coefficient (Wildman–Crippen LogP) is 2.11. The fourth-order valence-electron chi connectivity index (χ4n) is 1.60. The summed E-state index contributed by atoms with van der Waals surface area (Å²) in [7, 11) is -3.88. The van der Waals surface area contributed by atoms with Crippen LogP contribution in [0.25, 0.3) is 6.08 Å². The number of aliphatic carboxylic acids is 1. The number of nitrogens with one attached hydrogen (secondary N) is 1. The second kappa shape index (κ2) is 5.76. The maximum atomic E-state index is 12.2. The number of benzene rings is 1. The van der Waals surface area contributed by atoms with Gasteiger partial charge in [0.1, 0.15) is 6.04 Å². The van der Waals surface area contributed by atoms with Crippen LogP contribution in [-0.4, -0.2) is 25.5 Å². The van der Waals surface area contributed by atoms with Gasteiger partial charge in [-0.15, -0.1) is 0 Å². The zero-order valence-corrected chi connectivity index (χ0v) is 12.6. The Labute approximate surface area is 119 Å². The lowest BCUT2D eigenvalue weighted by Crippen LogP contribution is -2.48. The van der Waals surface area contributed by atoms with Gasteiger partial charge in [-0.05, 0) is 23.1 Å². The molecule has 1 aromatic rings. The van der Waals surface area contributed by atoms with E-state index in [1.165, 1.54) is 12.1 Å². The topological polar surface area (TPSA) is 83.5 Å². The van der Waals surface area contributed by atoms with Crippen molar-refractivity contribution in [3.8, 4) is 0 Å². The van der Waals surface area contributed by atoms with Crippen molar-refractivity contribution in [1.82, 2.24) is 4.72 Å². The van der Waals surface area contributed by atoms with E-state index in [0.717, 1.165) is 5.56 Å². The Morgan fingerprint density at radius 3 is 2.15 bits per heavy atom. The third-order valence-corrected chi connectivity index (χ3v) is 4.25. The van der Waals surface area contributed by atoms with Crippen molar-refractivity contribution in [3.05, 3.63) is 36.4 Å². The van der Waals surface area contributed by atoms with Crippen molar-refractivity contribution in [3.63, 3.8) is 0 Å². The van der Waals surface area contributed by atoms with Gasteiger partial charge in [-0.2, -0.15) is 4.72 Å². The highest BCUT2D eigenvalue weighted by atomic mass is 32.2. The number of carbonyl (C=O) groups is 1. The molecule has 0 bridgehead atoms. The first-order valence-corrected chi connectivity index (χ1v) is 7.54. The van der Waals surface area contributed by atoms with Gasteiger partial charge in [0.25, 0.3) is 0 Å². The molecule has 2 N–H and O–H groups in total. The molecule has 0 unspecified atom stereocenters. The van der Waals surface area contributed by atoms with Crippen LogP contribution in [0.4, 0.5) is 0 Å². The molecule has 1 atom stereocenters. The second-order valence-electron chi connectivity index (χ2n) is 5.53. The maximum absolute atomic E-state index is 12.2. The molecule has 5 nitrogen and oxygen atoms in total. The molecule has 0 saturated heterocycles. The van der Waals surface area contributed by atoms with E-state index in [0.29, 0.717) is 0 Å². The van der Waals surface area contributed by atoms with Crippen LogP contribution in [0.1, 0.15) is 26.3 Å². The van der Waals surface area contributed by atoms with Crippen molar-refractivity contribution in [2.24, 2.45) is 5.41 Å². The molecule has 1 aromatic carbocycles. The van der Waals surface area contributed by atoms with Crippen LogP contribution in [0.2, 0.25) is 0 Å². The van der Waals surface area contributed by atoms with Gasteiger partial charge in [0.15, 0.2) is 0 Å². The Balaban J connectivity index is 3.09. The number of carboxylic acids is 1. The highest BCUT2D eigenvalue weighted by Gasteiger charge is 2.35. The van der Waals surface area contributed by atoms with E-state index in [9.17, 15) is 13.2 Å². The highest BCUT2D eigenvalue weighted by molar-refractivity contribution is 7.89. The number of rotatable bonds is 5. The normalized spacial score (nSPS) is 13.8. The van der Waals surface area contributed by atoms with Gasteiger partial charge >= 0.3 is 5.97 Å². The van der Waals surface area contributed by atoms with E-state index in [-0.39, 0.29) is 4.90 Å². The van der Waals surface area contributed by atoms with E-state index in [4.69, 9.17) is 5.11 Å². The molecular weight excluding hydrogens is 278 g/mol. The predicted molar refractivity (Wildman–Crippen MR) is 77.7 cm³/mol. The monoisotopic (exact) mass is 297 g/mol. The Kier molecular flexibility index (Phi) is 4.73. The van der Waals surface area contributed by atoms with Crippen molar-refractivity contribution in [1.29, 1.82) is 0 Å². The zero-order valence-electron chi connectivity index (χ0n) is 11.8. The SMILES string of the molecule is C=Cc1ccc(S(=O)(=O)N[C@@H](C(=O)O)C(C)(C)C)cc1. The Bertz CT molecular complexity index is 597. The molecule has 20 heavy (non-hydrogen) atoms. The lowest BCUT2D eigenvalue weighted by Gasteiger charge is -2.27. The second-order valence-corrected chi connectivity index (χ2v) is 7.25. The van der Waals surface area contributed by atoms with E-state index in [1.54, 1.807) is 39.0 Å². The molecule has 0 radical (unpaired) electrons. The van der Waals surface area contributed by atoms with E-state index < -0.39 is 27.4 Å². The lowest BCUT2D eigenvalue weighted by atomic mass is 9.88. The molecule has 0 heterocycles. The van der Waals surface area contributed by atoms with Crippen LogP contribution in [0.3, 0.4) is 0 Å². The Hall–Kier alpha value is -1.66. The average Bonchev–Trinajstić information content (AvgIpc) is 2.34. The first kappa shape index (κ1) is 16.4. The summed E-state index contributed by atoms with van der Waals surface area (Å²) in [5.41, 5.74) is 0.0505. The average molecular weight is 297 g/mol. The van der Waals surface area contributed by atoms with Crippen LogP contribution >= 0.6 is 0 Å². The highest BCUT2D eigenvalue weighted by Crippen LogP contribution is 2.22. The first-order chi connectivity index (χ1) is 9.08. The smallest absolute Gasteiger partial charge is 0.322 e. The minimum Gasteiger partial charge on any atom is -0.480 e. The van der Waals surface area contributed by atoms with Gasteiger partial charge in [-0.3, -0.25) is 4.79 Å². The molecule has 0 amide bonds. The van der Waals surface area contributed by atoms with Crippen molar-refractivity contribution in [2.45, 2.75) is 31.7 Å². The van der Waals surface area contributed by atoms with Crippen LogP contribution in [0.15, 0.2) is 35.7 Å². The summed E-state index contributed by atoms with van der Waals surface area (Å²) < 4.78 is 26.6. The van der Waals surface area contributed by atoms with Crippen molar-refractivity contribution >= 4 is 22.1 Å². The van der Waals surface area contributed by atoms with Crippen LogP contribution in [0.5, 0.6) is 0 Å². The largest absolute Gasteiger partial charge is 0.480 e. The molecule has 0 spiro atoms. The number of sulfonamides is 1. The number of hydrogen-bond acceptors (Lipinski definition) is 3. The van der Waals surface area contributed by atoms with Gasteiger partial charge in [0, 0.05) is 0 Å². The summed E-state index contributed by atoms with van der Waals surface area (Å²) in [6.45, 7) is 8.57. The quantitative estimate of drug-likeness (QED) is 0.872. The minimum atomic E-state index is -3.88. The zero-order chi connectivity index (χ0) is 15.6. The number of hydrogen-bond donors (Lipinski definition) is 2. The third-order valence-electron chi connectivity index (χ3n) is 2.81. The van der Waals surface area contributed by atoms with Gasteiger partial charge < -0.3 is 5.11 Å². The van der Waals surface area contributed by atoms with E-state index in [1.807, 2.05) is 0 Å². The van der Waals surface area contributed by atoms with Gasteiger partial charge in [0.2, 0.25) is 10.0 Å².